The van der Waals surface area contributed by atoms with Gasteiger partial charge in [-0.3, -0.25) is 4.79 Å². The van der Waals surface area contributed by atoms with Crippen LogP contribution in [0.25, 0.3) is 5.69 Å². The van der Waals surface area contributed by atoms with Gasteiger partial charge in [-0.15, -0.1) is 0 Å². The number of anilines is 1. The number of hydrogen-bond acceptors (Lipinski definition) is 4. The second kappa shape index (κ2) is 12.1. The van der Waals surface area contributed by atoms with Crippen molar-refractivity contribution in [2.75, 3.05) is 11.9 Å². The number of aldehydes is 1. The van der Waals surface area contributed by atoms with Crippen molar-refractivity contribution >= 4 is 29.5 Å². The van der Waals surface area contributed by atoms with Crippen LogP contribution in [-0.2, 0) is 23.7 Å². The average molecular weight is 595 g/mol. The number of nitrogens with one attached hydrogen (secondary N) is 2. The number of alkyl halides is 6. The van der Waals surface area contributed by atoms with E-state index < -0.39 is 35.4 Å². The van der Waals surface area contributed by atoms with E-state index in [9.17, 15) is 35.9 Å². The molecule has 1 heterocycles. The summed E-state index contributed by atoms with van der Waals surface area (Å²) in [6, 6.07) is 17.1. The maximum Gasteiger partial charge on any atom is 0.435 e. The molecule has 4 aromatic rings. The topological polar surface area (TPSA) is 76.0 Å². The highest BCUT2D eigenvalue weighted by Gasteiger charge is 2.35. The molecule has 1 atom stereocenters. The van der Waals surface area contributed by atoms with E-state index in [1.54, 1.807) is 30.3 Å². The van der Waals surface area contributed by atoms with E-state index >= 15 is 0 Å². The summed E-state index contributed by atoms with van der Waals surface area (Å²) in [5.41, 5.74) is -0.474. The molecule has 0 aliphatic heterocycles. The molecule has 1 aromatic heterocycles. The number of halogens is 7. The lowest BCUT2D eigenvalue weighted by atomic mass is 9.99. The standard InChI is InChI=1S/C28H21ClF6N4O2/c29-21-2-1-3-23(12-21)39-24(13-25(38-39)28(33,34)35)15-36-14-19(16-40)17-4-6-18(7-5-17)26(41)37-22-10-8-20(9-11-22)27(30,31)32/h1-13,16,19,36H,14-15H2,(H,37,41). The first-order valence-electron chi connectivity index (χ1n) is 12.0. The smallest absolute Gasteiger partial charge is 0.322 e. The lowest BCUT2D eigenvalue weighted by Gasteiger charge is -2.14. The van der Waals surface area contributed by atoms with Crippen LogP contribution in [0.5, 0.6) is 0 Å². The summed E-state index contributed by atoms with van der Waals surface area (Å²) in [7, 11) is 0. The molecule has 2 N–H and O–H groups in total. The fraction of sp³-hybridized carbons (Fsp3) is 0.179. The largest absolute Gasteiger partial charge is 0.435 e. The van der Waals surface area contributed by atoms with Crippen molar-refractivity contribution in [1.82, 2.24) is 15.1 Å². The van der Waals surface area contributed by atoms with Gasteiger partial charge in [0, 0.05) is 29.4 Å². The van der Waals surface area contributed by atoms with E-state index in [-0.39, 0.29) is 30.0 Å². The summed E-state index contributed by atoms with van der Waals surface area (Å²) in [6.07, 6.45) is -8.49. The summed E-state index contributed by atoms with van der Waals surface area (Å²) < 4.78 is 79.3. The molecule has 0 radical (unpaired) electrons. The zero-order chi connectivity index (χ0) is 29.8. The SMILES string of the molecule is O=CC(CNCc1cc(C(F)(F)F)nn1-c1cccc(Cl)c1)c1ccc(C(=O)Nc2ccc(C(F)(F)F)cc2)cc1. The van der Waals surface area contributed by atoms with Crippen LogP contribution >= 0.6 is 11.6 Å². The van der Waals surface area contributed by atoms with Crippen LogP contribution in [0.1, 0.15) is 38.8 Å². The Balaban J connectivity index is 1.40. The first kappa shape index (κ1) is 29.8. The van der Waals surface area contributed by atoms with E-state index in [0.717, 1.165) is 35.0 Å². The molecule has 0 fully saturated rings. The Kier molecular flexibility index (Phi) is 8.83. The maximum atomic E-state index is 13.3. The lowest BCUT2D eigenvalue weighted by molar-refractivity contribution is -0.141. The fourth-order valence-electron chi connectivity index (χ4n) is 3.94. The van der Waals surface area contributed by atoms with Gasteiger partial charge in [-0.1, -0.05) is 29.8 Å². The van der Waals surface area contributed by atoms with Crippen LogP contribution < -0.4 is 10.6 Å². The zero-order valence-electron chi connectivity index (χ0n) is 20.9. The van der Waals surface area contributed by atoms with E-state index in [1.807, 2.05) is 0 Å². The van der Waals surface area contributed by atoms with Gasteiger partial charge in [0.2, 0.25) is 0 Å². The summed E-state index contributed by atoms with van der Waals surface area (Å²) in [5.74, 6) is -1.25. The van der Waals surface area contributed by atoms with Gasteiger partial charge in [-0.2, -0.15) is 31.4 Å². The zero-order valence-corrected chi connectivity index (χ0v) is 21.7. The van der Waals surface area contributed by atoms with E-state index in [4.69, 9.17) is 11.6 Å². The predicted molar refractivity (Wildman–Crippen MR) is 140 cm³/mol. The molecule has 0 spiro atoms. The van der Waals surface area contributed by atoms with Gasteiger partial charge in [-0.05, 0) is 66.2 Å². The molecular formula is C28H21ClF6N4O2. The summed E-state index contributed by atoms with van der Waals surface area (Å²) in [4.78, 5) is 24.3. The quantitative estimate of drug-likeness (QED) is 0.163. The number of benzene rings is 3. The molecule has 0 saturated carbocycles. The van der Waals surface area contributed by atoms with Gasteiger partial charge >= 0.3 is 12.4 Å². The van der Waals surface area contributed by atoms with Crippen molar-refractivity contribution in [3.05, 3.63) is 112 Å². The molecule has 3 aromatic carbocycles. The Labute approximate surface area is 234 Å². The molecule has 13 heteroatoms. The first-order chi connectivity index (χ1) is 19.3. The number of hydrogen-bond donors (Lipinski definition) is 2. The van der Waals surface area contributed by atoms with E-state index in [2.05, 4.69) is 15.7 Å². The van der Waals surface area contributed by atoms with Crippen molar-refractivity contribution in [3.63, 3.8) is 0 Å². The van der Waals surface area contributed by atoms with Gasteiger partial charge in [0.1, 0.15) is 6.29 Å². The lowest BCUT2D eigenvalue weighted by Crippen LogP contribution is -2.23. The Morgan fingerprint density at radius 1 is 0.927 bits per heavy atom. The second-order valence-electron chi connectivity index (χ2n) is 8.94. The number of carbonyl (C=O) groups excluding carboxylic acids is 2. The molecule has 0 bridgehead atoms. The van der Waals surface area contributed by atoms with Crippen LogP contribution in [0.2, 0.25) is 5.02 Å². The van der Waals surface area contributed by atoms with Crippen molar-refractivity contribution in [2.45, 2.75) is 24.8 Å². The van der Waals surface area contributed by atoms with Gasteiger partial charge in [0.05, 0.1) is 22.9 Å². The Bertz CT molecular complexity index is 1520. The molecule has 214 valence electrons. The van der Waals surface area contributed by atoms with Crippen LogP contribution in [-0.4, -0.2) is 28.5 Å². The minimum atomic E-state index is -4.66. The highest BCUT2D eigenvalue weighted by Crippen LogP contribution is 2.31. The van der Waals surface area contributed by atoms with Crippen LogP contribution in [0, 0.1) is 0 Å². The van der Waals surface area contributed by atoms with Crippen molar-refractivity contribution in [2.24, 2.45) is 0 Å². The second-order valence-corrected chi connectivity index (χ2v) is 9.37. The maximum absolute atomic E-state index is 13.3. The molecule has 1 unspecified atom stereocenters. The van der Waals surface area contributed by atoms with Crippen LogP contribution in [0.3, 0.4) is 0 Å². The molecule has 0 aliphatic rings. The Morgan fingerprint density at radius 3 is 2.20 bits per heavy atom. The Hall–Kier alpha value is -4.16. The minimum absolute atomic E-state index is 0.0481. The van der Waals surface area contributed by atoms with E-state index in [0.29, 0.717) is 22.6 Å². The summed E-state index contributed by atoms with van der Waals surface area (Å²) in [5, 5.41) is 9.47. The molecule has 41 heavy (non-hydrogen) atoms. The molecule has 1 amide bonds. The number of rotatable bonds is 9. The Morgan fingerprint density at radius 2 is 1.61 bits per heavy atom. The van der Waals surface area contributed by atoms with Gasteiger partial charge in [-0.25, -0.2) is 4.68 Å². The van der Waals surface area contributed by atoms with Gasteiger partial charge in [0.15, 0.2) is 5.69 Å². The number of nitrogens with zero attached hydrogens (tertiary/aromatic N) is 2. The number of aromatic nitrogens is 2. The molecule has 6 nitrogen and oxygen atoms in total. The van der Waals surface area contributed by atoms with Crippen molar-refractivity contribution in [1.29, 1.82) is 0 Å². The minimum Gasteiger partial charge on any atom is -0.322 e. The molecule has 4 rings (SSSR count). The van der Waals surface area contributed by atoms with Gasteiger partial charge < -0.3 is 15.4 Å². The summed E-state index contributed by atoms with van der Waals surface area (Å²) >= 11 is 5.99. The molecular weight excluding hydrogens is 574 g/mol. The summed E-state index contributed by atoms with van der Waals surface area (Å²) in [6.45, 7) is 0.0240. The number of amides is 1. The third-order valence-electron chi connectivity index (χ3n) is 6.03. The fourth-order valence-corrected chi connectivity index (χ4v) is 4.13. The third kappa shape index (κ3) is 7.53. The number of carbonyl (C=O) groups is 2. The highest BCUT2D eigenvalue weighted by atomic mass is 35.5. The average Bonchev–Trinajstić information content (AvgIpc) is 3.36. The normalized spacial score (nSPS) is 12.7. The van der Waals surface area contributed by atoms with Crippen molar-refractivity contribution in [3.8, 4) is 5.69 Å². The first-order valence-corrected chi connectivity index (χ1v) is 12.4. The monoisotopic (exact) mass is 594 g/mol. The van der Waals surface area contributed by atoms with Gasteiger partial charge in [0.25, 0.3) is 5.91 Å². The molecule has 0 saturated heterocycles. The molecule has 0 aliphatic carbocycles. The highest BCUT2D eigenvalue weighted by molar-refractivity contribution is 6.30. The third-order valence-corrected chi connectivity index (χ3v) is 6.27. The van der Waals surface area contributed by atoms with Crippen LogP contribution in [0.4, 0.5) is 32.0 Å². The van der Waals surface area contributed by atoms with Crippen LogP contribution in [0.15, 0.2) is 78.9 Å². The predicted octanol–water partition coefficient (Wildman–Crippen LogP) is 6.89. The van der Waals surface area contributed by atoms with E-state index in [1.165, 1.54) is 18.2 Å². The van der Waals surface area contributed by atoms with Crippen molar-refractivity contribution < 1.29 is 35.9 Å².